The van der Waals surface area contributed by atoms with Crippen LogP contribution in [0.15, 0.2) is 146 Å². The van der Waals surface area contributed by atoms with Gasteiger partial charge in [0.05, 0.1) is 0 Å². The first kappa shape index (κ1) is 73.3. The van der Waals surface area contributed by atoms with Crippen molar-refractivity contribution in [3.05, 3.63) is 146 Å². The summed E-state index contributed by atoms with van der Waals surface area (Å²) in [6, 6.07) is 0. The van der Waals surface area contributed by atoms with E-state index in [-0.39, 0.29) is 37.5 Å². The van der Waals surface area contributed by atoms with Gasteiger partial charge in [-0.1, -0.05) is 256 Å². The van der Waals surface area contributed by atoms with Crippen LogP contribution in [0.3, 0.4) is 0 Å². The van der Waals surface area contributed by atoms with E-state index in [1.165, 1.54) is 83.5 Å². The Hall–Kier alpha value is -4.71. The molecule has 0 rings (SSSR count). The smallest absolute Gasteiger partial charge is 0.306 e. The number of carbonyl (C=O) groups excluding carboxylic acids is 3. The minimum atomic E-state index is -0.807. The third-order valence-electron chi connectivity index (χ3n) is 13.1. The largest absolute Gasteiger partial charge is 0.462 e. The van der Waals surface area contributed by atoms with Crippen molar-refractivity contribution in [2.45, 2.75) is 277 Å². The van der Waals surface area contributed by atoms with E-state index >= 15 is 0 Å². The number of hydrogen-bond donors (Lipinski definition) is 0. The molecule has 0 aromatic rings. The van der Waals surface area contributed by atoms with Gasteiger partial charge in [0.15, 0.2) is 6.10 Å². The highest BCUT2D eigenvalue weighted by atomic mass is 16.6. The topological polar surface area (TPSA) is 78.9 Å². The Bertz CT molecular complexity index is 1710. The first-order valence-corrected chi connectivity index (χ1v) is 31.8. The molecule has 0 aromatic carbocycles. The van der Waals surface area contributed by atoms with Gasteiger partial charge >= 0.3 is 17.9 Å². The molecule has 0 amide bonds. The molecule has 78 heavy (non-hydrogen) atoms. The molecule has 0 bridgehead atoms. The maximum absolute atomic E-state index is 12.9. The van der Waals surface area contributed by atoms with E-state index in [2.05, 4.69) is 167 Å². The Morgan fingerprint density at radius 1 is 0.269 bits per heavy atom. The molecule has 0 aliphatic carbocycles. The molecule has 6 heteroatoms. The fraction of sp³-hybridized carbons (Fsp3) is 0.625. The molecule has 0 aromatic heterocycles. The molecule has 0 saturated carbocycles. The van der Waals surface area contributed by atoms with Crippen LogP contribution in [0.1, 0.15) is 271 Å². The van der Waals surface area contributed by atoms with Gasteiger partial charge < -0.3 is 14.2 Å². The lowest BCUT2D eigenvalue weighted by molar-refractivity contribution is -0.167. The second kappa shape index (κ2) is 64.8. The molecule has 440 valence electrons. The first-order valence-electron chi connectivity index (χ1n) is 31.8. The second-order valence-corrected chi connectivity index (χ2v) is 20.5. The fourth-order valence-electron chi connectivity index (χ4n) is 8.35. The molecule has 0 heterocycles. The number of esters is 3. The minimum absolute atomic E-state index is 0.101. The average Bonchev–Trinajstić information content (AvgIpc) is 3.44. The standard InChI is InChI=1S/C72H116O6/c1-4-7-10-13-16-19-22-25-27-29-31-32-33-34-35-36-37-38-39-40-42-43-45-47-50-53-56-59-62-65-71(74)77-68-69(67-76-70(73)64-61-58-55-52-49-24-21-18-15-12-9-6-3)78-72(75)66-63-60-57-54-51-48-46-44-41-30-28-26-23-20-17-14-11-8-5-2/h7-8,10-11,16-21,25-28,31-32,34-35,37-38,41,44,48,51,69H,4-6,9,12-15,22-24,29-30,33,36,39-40,42-43,45-47,49-50,52-68H2,1-3H3/b10-7-,11-8-,19-16-,20-17-,21-18-,27-25-,28-26-,32-31-,35-34-,38-37-,44-41-,51-48-. The molecule has 1 unspecified atom stereocenters. The molecule has 0 aliphatic rings. The maximum Gasteiger partial charge on any atom is 0.306 e. The number of ether oxygens (including phenoxy) is 3. The Labute approximate surface area is 480 Å². The highest BCUT2D eigenvalue weighted by Crippen LogP contribution is 2.15. The molecule has 0 aliphatic heterocycles. The van der Waals surface area contributed by atoms with Gasteiger partial charge in [0.2, 0.25) is 0 Å². The second-order valence-electron chi connectivity index (χ2n) is 20.5. The highest BCUT2D eigenvalue weighted by molar-refractivity contribution is 5.71. The first-order chi connectivity index (χ1) is 38.5. The Morgan fingerprint density at radius 3 is 0.808 bits per heavy atom. The SMILES string of the molecule is CC/C=C\C/C=C\C/C=C\C/C=C\C/C=C\C/C=C\CCCCCCCCCCCCC(=O)OCC(COC(=O)CCCCCCC/C=C\CCCCC)OC(=O)CCCCC/C=C\C/C=C\C/C=C\C/C=C\C/C=C\CC. The summed E-state index contributed by atoms with van der Waals surface area (Å²) in [6.07, 6.45) is 92.8. The van der Waals surface area contributed by atoms with Crippen LogP contribution in [-0.2, 0) is 28.6 Å². The molecule has 1 atom stereocenters. The van der Waals surface area contributed by atoms with Crippen molar-refractivity contribution in [2.24, 2.45) is 0 Å². The number of unbranched alkanes of at least 4 members (excludes halogenated alkanes) is 21. The van der Waals surface area contributed by atoms with Crippen LogP contribution in [0.25, 0.3) is 0 Å². The molecule has 0 spiro atoms. The lowest BCUT2D eigenvalue weighted by Crippen LogP contribution is -2.30. The third-order valence-corrected chi connectivity index (χ3v) is 13.1. The van der Waals surface area contributed by atoms with E-state index in [1.807, 2.05) is 0 Å². The van der Waals surface area contributed by atoms with Crippen LogP contribution in [0.5, 0.6) is 0 Å². The van der Waals surface area contributed by atoms with Crippen molar-refractivity contribution in [1.82, 2.24) is 0 Å². The number of allylic oxidation sites excluding steroid dienone is 24. The van der Waals surface area contributed by atoms with Crippen LogP contribution in [0.2, 0.25) is 0 Å². The molecule has 0 fully saturated rings. The Balaban J connectivity index is 4.36. The van der Waals surface area contributed by atoms with Crippen LogP contribution in [0.4, 0.5) is 0 Å². The van der Waals surface area contributed by atoms with Crippen molar-refractivity contribution in [1.29, 1.82) is 0 Å². The van der Waals surface area contributed by atoms with Gasteiger partial charge in [0.1, 0.15) is 13.2 Å². The van der Waals surface area contributed by atoms with Crippen molar-refractivity contribution in [3.8, 4) is 0 Å². The highest BCUT2D eigenvalue weighted by Gasteiger charge is 2.19. The monoisotopic (exact) mass is 1080 g/mol. The van der Waals surface area contributed by atoms with Gasteiger partial charge in [-0.2, -0.15) is 0 Å². The zero-order chi connectivity index (χ0) is 56.4. The van der Waals surface area contributed by atoms with Gasteiger partial charge in [0, 0.05) is 19.3 Å². The van der Waals surface area contributed by atoms with Crippen molar-refractivity contribution in [2.75, 3.05) is 13.2 Å². The van der Waals surface area contributed by atoms with Crippen LogP contribution >= 0.6 is 0 Å². The molecular formula is C72H116O6. The summed E-state index contributed by atoms with van der Waals surface area (Å²) >= 11 is 0. The third kappa shape index (κ3) is 62.1. The predicted octanol–water partition coefficient (Wildman–Crippen LogP) is 21.9. The lowest BCUT2D eigenvalue weighted by Gasteiger charge is -2.18. The summed E-state index contributed by atoms with van der Waals surface area (Å²) in [6.45, 7) is 6.35. The van der Waals surface area contributed by atoms with E-state index in [4.69, 9.17) is 14.2 Å². The molecule has 6 nitrogen and oxygen atoms in total. The Kier molecular flexibility index (Phi) is 60.9. The fourth-order valence-corrected chi connectivity index (χ4v) is 8.35. The van der Waals surface area contributed by atoms with Crippen molar-refractivity contribution < 1.29 is 28.6 Å². The maximum atomic E-state index is 12.9. The zero-order valence-electron chi connectivity index (χ0n) is 50.4. The van der Waals surface area contributed by atoms with Gasteiger partial charge in [-0.15, -0.1) is 0 Å². The number of carbonyl (C=O) groups is 3. The van der Waals surface area contributed by atoms with Crippen molar-refractivity contribution >= 4 is 17.9 Å². The summed E-state index contributed by atoms with van der Waals surface area (Å²) in [5.74, 6) is -0.948. The molecular weight excluding hydrogens is 961 g/mol. The number of rotatable bonds is 56. The van der Waals surface area contributed by atoms with E-state index in [0.29, 0.717) is 12.8 Å². The summed E-state index contributed by atoms with van der Waals surface area (Å²) in [7, 11) is 0. The predicted molar refractivity (Wildman–Crippen MR) is 339 cm³/mol. The van der Waals surface area contributed by atoms with Gasteiger partial charge in [-0.3, -0.25) is 14.4 Å². The van der Waals surface area contributed by atoms with Crippen molar-refractivity contribution in [3.63, 3.8) is 0 Å². The molecule has 0 saturated heterocycles. The lowest BCUT2D eigenvalue weighted by atomic mass is 10.1. The summed E-state index contributed by atoms with van der Waals surface area (Å²) < 4.78 is 16.9. The number of hydrogen-bond acceptors (Lipinski definition) is 6. The van der Waals surface area contributed by atoms with Gasteiger partial charge in [-0.05, 0) is 141 Å². The van der Waals surface area contributed by atoms with E-state index in [9.17, 15) is 14.4 Å². The molecule has 0 radical (unpaired) electrons. The molecule has 0 N–H and O–H groups in total. The average molecular weight is 1080 g/mol. The summed E-state index contributed by atoms with van der Waals surface area (Å²) in [5.41, 5.74) is 0. The van der Waals surface area contributed by atoms with Crippen LogP contribution in [-0.4, -0.2) is 37.2 Å². The van der Waals surface area contributed by atoms with Gasteiger partial charge in [0.25, 0.3) is 0 Å². The zero-order valence-corrected chi connectivity index (χ0v) is 50.4. The van der Waals surface area contributed by atoms with Crippen LogP contribution in [0, 0.1) is 0 Å². The summed E-state index contributed by atoms with van der Waals surface area (Å²) in [5, 5.41) is 0. The minimum Gasteiger partial charge on any atom is -0.462 e. The Morgan fingerprint density at radius 2 is 0.500 bits per heavy atom. The van der Waals surface area contributed by atoms with Gasteiger partial charge in [-0.25, -0.2) is 0 Å². The summed E-state index contributed by atoms with van der Waals surface area (Å²) in [4.78, 5) is 38.3. The normalized spacial score (nSPS) is 13.1. The van der Waals surface area contributed by atoms with E-state index < -0.39 is 6.10 Å². The van der Waals surface area contributed by atoms with E-state index in [0.717, 1.165) is 148 Å². The van der Waals surface area contributed by atoms with E-state index in [1.54, 1.807) is 0 Å². The quantitative estimate of drug-likeness (QED) is 0.0261. The van der Waals surface area contributed by atoms with Crippen LogP contribution < -0.4 is 0 Å².